The first-order valence-electron chi connectivity index (χ1n) is 6.22. The van der Waals surface area contributed by atoms with E-state index in [1.54, 1.807) is 0 Å². The minimum Gasteiger partial charge on any atom is -0.388 e. The van der Waals surface area contributed by atoms with Gasteiger partial charge >= 0.3 is 0 Å². The molecule has 0 aromatic rings. The molecule has 0 spiro atoms. The van der Waals surface area contributed by atoms with E-state index in [9.17, 15) is 0 Å². The first-order chi connectivity index (χ1) is 7.24. The van der Waals surface area contributed by atoms with E-state index in [0.29, 0.717) is 0 Å². The van der Waals surface area contributed by atoms with Crippen molar-refractivity contribution >= 4 is 8.07 Å². The molecule has 3 heteroatoms. The number of hydrogen-bond acceptors (Lipinski definition) is 2. The normalized spacial score (nSPS) is 12.0. The Labute approximate surface area is 96.4 Å². The van der Waals surface area contributed by atoms with Crippen LogP contribution in [0.1, 0.15) is 39.5 Å². The van der Waals surface area contributed by atoms with Crippen molar-refractivity contribution in [1.29, 1.82) is 0 Å². The summed E-state index contributed by atoms with van der Waals surface area (Å²) in [7, 11) is 2.38. The van der Waals surface area contributed by atoms with Crippen molar-refractivity contribution in [2.75, 3.05) is 26.7 Å². The molecule has 92 valence electrons. The fraction of sp³-hybridized carbons (Fsp3) is 1.00. The molecule has 0 aromatic carbocycles. The van der Waals surface area contributed by atoms with E-state index in [2.05, 4.69) is 13.8 Å². The smallest absolute Gasteiger partial charge is 0.113 e. The second-order valence-corrected chi connectivity index (χ2v) is 9.15. The number of rotatable bonds is 10. The summed E-state index contributed by atoms with van der Waals surface area (Å²) in [5.74, 6) is 0. The maximum atomic E-state index is 5.44. The molecular formula is C12H28O2Si. The van der Waals surface area contributed by atoms with E-state index in [4.69, 9.17) is 9.47 Å². The fourth-order valence-corrected chi connectivity index (χ4v) is 6.51. The van der Waals surface area contributed by atoms with Crippen LogP contribution in [0, 0.1) is 0 Å². The zero-order chi connectivity index (χ0) is 11.6. The van der Waals surface area contributed by atoms with Crippen LogP contribution in [0.15, 0.2) is 0 Å². The second-order valence-electron chi connectivity index (χ2n) is 4.57. The van der Waals surface area contributed by atoms with Crippen LogP contribution >= 0.6 is 0 Å². The molecule has 0 bridgehead atoms. The Morgan fingerprint density at radius 3 is 1.47 bits per heavy atom. The van der Waals surface area contributed by atoms with Crippen molar-refractivity contribution in [2.24, 2.45) is 0 Å². The monoisotopic (exact) mass is 232 g/mol. The van der Waals surface area contributed by atoms with Crippen molar-refractivity contribution in [3.63, 3.8) is 0 Å². The van der Waals surface area contributed by atoms with Gasteiger partial charge in [0.15, 0.2) is 0 Å². The molecule has 0 radical (unpaired) electrons. The molecule has 0 fully saturated rings. The minimum absolute atomic E-state index is 0.973. The third-order valence-electron chi connectivity index (χ3n) is 3.02. The van der Waals surface area contributed by atoms with E-state index < -0.39 is 8.07 Å². The number of hydrogen-bond donors (Lipinski definition) is 0. The molecule has 0 aliphatic rings. The third-order valence-corrected chi connectivity index (χ3v) is 7.65. The highest BCUT2D eigenvalue weighted by Gasteiger charge is 2.31. The molecule has 0 rings (SSSR count). The van der Waals surface area contributed by atoms with Gasteiger partial charge in [0, 0.05) is 26.7 Å². The highest BCUT2D eigenvalue weighted by molar-refractivity contribution is 6.79. The van der Waals surface area contributed by atoms with Gasteiger partial charge < -0.3 is 9.47 Å². The van der Waals surface area contributed by atoms with Crippen molar-refractivity contribution in [2.45, 2.75) is 51.6 Å². The van der Waals surface area contributed by atoms with Gasteiger partial charge in [-0.25, -0.2) is 0 Å². The van der Waals surface area contributed by atoms with Gasteiger partial charge in [0.05, 0.1) is 0 Å². The summed E-state index contributed by atoms with van der Waals surface area (Å²) >= 11 is 0. The Kier molecular flexibility index (Phi) is 9.45. The molecule has 0 amide bonds. The lowest BCUT2D eigenvalue weighted by molar-refractivity contribution is 0.214. The summed E-state index contributed by atoms with van der Waals surface area (Å²) in [6.45, 7) is 4.52. The van der Waals surface area contributed by atoms with Crippen molar-refractivity contribution in [3.05, 3.63) is 0 Å². The van der Waals surface area contributed by atoms with Gasteiger partial charge in [-0.1, -0.05) is 51.6 Å². The third kappa shape index (κ3) is 6.33. The average molecular weight is 232 g/mol. The van der Waals surface area contributed by atoms with E-state index in [1.807, 2.05) is 14.2 Å². The average Bonchev–Trinajstić information content (AvgIpc) is 2.24. The number of methoxy groups -OCH3 is 2. The molecule has 0 aromatic heterocycles. The predicted molar refractivity (Wildman–Crippen MR) is 68.9 cm³/mol. The van der Waals surface area contributed by atoms with E-state index in [-0.39, 0.29) is 0 Å². The molecule has 0 atom stereocenters. The summed E-state index contributed by atoms with van der Waals surface area (Å²) in [5, 5.41) is 0. The molecule has 0 saturated carbocycles. The van der Waals surface area contributed by atoms with E-state index in [0.717, 1.165) is 12.5 Å². The number of ether oxygens (including phenoxy) is 2. The highest BCUT2D eigenvalue weighted by Crippen LogP contribution is 2.22. The SMILES string of the molecule is CCCC[Si](CCCC)(COC)COC. The van der Waals surface area contributed by atoms with E-state index >= 15 is 0 Å². The lowest BCUT2D eigenvalue weighted by Crippen LogP contribution is -2.45. The zero-order valence-electron chi connectivity index (χ0n) is 11.0. The van der Waals surface area contributed by atoms with Crippen LogP contribution in [0.5, 0.6) is 0 Å². The lowest BCUT2D eigenvalue weighted by Gasteiger charge is -2.30. The van der Waals surface area contributed by atoms with Crippen LogP contribution < -0.4 is 0 Å². The lowest BCUT2D eigenvalue weighted by atomic mass is 10.4. The maximum absolute atomic E-state index is 5.44. The fourth-order valence-electron chi connectivity index (χ4n) is 2.17. The zero-order valence-corrected chi connectivity index (χ0v) is 12.0. The molecule has 0 heterocycles. The van der Waals surface area contributed by atoms with Gasteiger partial charge in [-0.3, -0.25) is 0 Å². The Hall–Kier alpha value is 0.137. The topological polar surface area (TPSA) is 18.5 Å². The molecular weight excluding hydrogens is 204 g/mol. The first-order valence-corrected chi connectivity index (χ1v) is 9.05. The van der Waals surface area contributed by atoms with Crippen molar-refractivity contribution < 1.29 is 9.47 Å². The van der Waals surface area contributed by atoms with Crippen LogP contribution in [-0.4, -0.2) is 34.8 Å². The standard InChI is InChI=1S/C12H28O2Si/c1-5-7-9-15(11-13-3,12-14-4)10-8-6-2/h5-12H2,1-4H3. The maximum Gasteiger partial charge on any atom is 0.113 e. The van der Waals surface area contributed by atoms with Crippen molar-refractivity contribution in [1.82, 2.24) is 0 Å². The Balaban J connectivity index is 4.26. The number of unbranched alkanes of at least 4 members (excludes halogenated alkanes) is 2. The molecule has 0 aliphatic carbocycles. The van der Waals surface area contributed by atoms with Gasteiger partial charge in [-0.15, -0.1) is 0 Å². The predicted octanol–water partition coefficient (Wildman–Crippen LogP) is 3.41. The van der Waals surface area contributed by atoms with Gasteiger partial charge in [0.2, 0.25) is 0 Å². The van der Waals surface area contributed by atoms with Crippen LogP contribution in [0.4, 0.5) is 0 Å². The Bertz CT molecular complexity index is 124. The largest absolute Gasteiger partial charge is 0.388 e. The molecule has 0 aliphatic heterocycles. The van der Waals surface area contributed by atoms with E-state index in [1.165, 1.54) is 37.8 Å². The molecule has 0 unspecified atom stereocenters. The summed E-state index contributed by atoms with van der Waals surface area (Å²) in [4.78, 5) is 0. The Morgan fingerprint density at radius 2 is 1.20 bits per heavy atom. The Morgan fingerprint density at radius 1 is 0.800 bits per heavy atom. The summed E-state index contributed by atoms with van der Waals surface area (Å²) in [5.41, 5.74) is 0. The first kappa shape index (κ1) is 15.1. The summed E-state index contributed by atoms with van der Waals surface area (Å²) < 4.78 is 10.9. The van der Waals surface area contributed by atoms with Crippen molar-refractivity contribution in [3.8, 4) is 0 Å². The van der Waals surface area contributed by atoms with Gasteiger partial charge in [-0.05, 0) is 0 Å². The summed E-state index contributed by atoms with van der Waals surface area (Å²) in [6, 6.07) is 2.73. The summed E-state index contributed by atoms with van der Waals surface area (Å²) in [6.07, 6.45) is 7.19. The van der Waals surface area contributed by atoms with Gasteiger partial charge in [-0.2, -0.15) is 0 Å². The van der Waals surface area contributed by atoms with Crippen LogP contribution in [0.3, 0.4) is 0 Å². The van der Waals surface area contributed by atoms with Crippen LogP contribution in [-0.2, 0) is 9.47 Å². The minimum atomic E-state index is -1.28. The molecule has 0 saturated heterocycles. The quantitative estimate of drug-likeness (QED) is 0.537. The molecule has 2 nitrogen and oxygen atoms in total. The van der Waals surface area contributed by atoms with Crippen LogP contribution in [0.2, 0.25) is 12.1 Å². The highest BCUT2D eigenvalue weighted by atomic mass is 28.3. The van der Waals surface area contributed by atoms with Gasteiger partial charge in [0.1, 0.15) is 8.07 Å². The second kappa shape index (κ2) is 9.37. The van der Waals surface area contributed by atoms with Gasteiger partial charge in [0.25, 0.3) is 0 Å². The molecule has 0 N–H and O–H groups in total. The molecule has 15 heavy (non-hydrogen) atoms. The van der Waals surface area contributed by atoms with Crippen LogP contribution in [0.25, 0.3) is 0 Å².